The Morgan fingerprint density at radius 3 is 2.52 bits per heavy atom. The van der Waals surface area contributed by atoms with Gasteiger partial charge in [0.15, 0.2) is 0 Å². The van der Waals surface area contributed by atoms with Crippen molar-refractivity contribution >= 4 is 17.3 Å². The normalized spacial score (nSPS) is 15.3. The number of aromatic nitrogens is 3. The minimum Gasteiger partial charge on any atom is -0.384 e. The predicted octanol–water partition coefficient (Wildman–Crippen LogP) is 0.382. The summed E-state index contributed by atoms with van der Waals surface area (Å²) in [6.45, 7) is 5.15. The molecule has 1 fully saturated rings. The molecule has 0 atom stereocenters. The number of piperazine rings is 1. The molecule has 3 rings (SSSR count). The molecule has 0 bridgehead atoms. The molecule has 2 aromatic rings. The number of aryl methyl sites for hydroxylation is 1. The van der Waals surface area contributed by atoms with Gasteiger partial charge in [0.2, 0.25) is 0 Å². The standard InChI is InChI=1S/C14H18N6O/c1-10-17-13(8-14(21)18-10)20-6-4-19(5-7-20)11-2-3-12(15)16-9-11/h2-3,8-9H,4-7H2,1H3,(H2,15,16)(H,17,18,21). The van der Waals surface area contributed by atoms with Crippen LogP contribution in [0.4, 0.5) is 17.3 Å². The zero-order valence-corrected chi connectivity index (χ0v) is 11.9. The Morgan fingerprint density at radius 1 is 1.19 bits per heavy atom. The van der Waals surface area contributed by atoms with Crippen molar-refractivity contribution in [2.45, 2.75) is 6.92 Å². The van der Waals surface area contributed by atoms with Gasteiger partial charge in [0, 0.05) is 32.2 Å². The largest absolute Gasteiger partial charge is 0.384 e. The fraction of sp³-hybridized carbons (Fsp3) is 0.357. The first kappa shape index (κ1) is 13.4. The second-order valence-corrected chi connectivity index (χ2v) is 5.10. The van der Waals surface area contributed by atoms with Crippen LogP contribution in [-0.2, 0) is 0 Å². The number of rotatable bonds is 2. The van der Waals surface area contributed by atoms with Crippen LogP contribution >= 0.6 is 0 Å². The number of nitrogens with zero attached hydrogens (tertiary/aromatic N) is 4. The maximum absolute atomic E-state index is 11.5. The topological polar surface area (TPSA) is 91.1 Å². The van der Waals surface area contributed by atoms with Gasteiger partial charge in [0.05, 0.1) is 11.9 Å². The van der Waals surface area contributed by atoms with Gasteiger partial charge in [-0.05, 0) is 19.1 Å². The van der Waals surface area contributed by atoms with E-state index in [1.54, 1.807) is 19.2 Å². The predicted molar refractivity (Wildman–Crippen MR) is 82.7 cm³/mol. The summed E-state index contributed by atoms with van der Waals surface area (Å²) in [5.74, 6) is 1.91. The lowest BCUT2D eigenvalue weighted by atomic mass is 10.2. The number of aromatic amines is 1. The Kier molecular flexibility index (Phi) is 3.47. The van der Waals surface area contributed by atoms with Crippen molar-refractivity contribution in [1.29, 1.82) is 0 Å². The fourth-order valence-electron chi connectivity index (χ4n) is 2.50. The van der Waals surface area contributed by atoms with E-state index in [2.05, 4.69) is 24.8 Å². The molecule has 0 aliphatic carbocycles. The van der Waals surface area contributed by atoms with Gasteiger partial charge in [0.25, 0.3) is 5.56 Å². The molecule has 1 aliphatic heterocycles. The lowest BCUT2D eigenvalue weighted by Gasteiger charge is -2.36. The number of nitrogen functional groups attached to an aromatic ring is 1. The lowest BCUT2D eigenvalue weighted by molar-refractivity contribution is 0.644. The molecule has 110 valence electrons. The van der Waals surface area contributed by atoms with Gasteiger partial charge in [-0.2, -0.15) is 0 Å². The molecule has 0 radical (unpaired) electrons. The van der Waals surface area contributed by atoms with Crippen LogP contribution in [0.3, 0.4) is 0 Å². The van der Waals surface area contributed by atoms with E-state index in [9.17, 15) is 4.79 Å². The van der Waals surface area contributed by atoms with Crippen LogP contribution < -0.4 is 21.1 Å². The van der Waals surface area contributed by atoms with E-state index < -0.39 is 0 Å². The van der Waals surface area contributed by atoms with E-state index in [0.29, 0.717) is 11.6 Å². The summed E-state index contributed by atoms with van der Waals surface area (Å²) in [5, 5.41) is 0. The number of hydrogen-bond donors (Lipinski definition) is 2. The van der Waals surface area contributed by atoms with Crippen molar-refractivity contribution in [2.24, 2.45) is 0 Å². The highest BCUT2D eigenvalue weighted by Gasteiger charge is 2.19. The molecular formula is C14H18N6O. The van der Waals surface area contributed by atoms with Gasteiger partial charge in [-0.3, -0.25) is 4.79 Å². The van der Waals surface area contributed by atoms with Crippen LogP contribution in [0.2, 0.25) is 0 Å². The van der Waals surface area contributed by atoms with Crippen molar-refractivity contribution in [1.82, 2.24) is 15.0 Å². The summed E-state index contributed by atoms with van der Waals surface area (Å²) in [6, 6.07) is 5.34. The molecule has 0 spiro atoms. The van der Waals surface area contributed by atoms with Crippen molar-refractivity contribution in [3.63, 3.8) is 0 Å². The molecule has 3 heterocycles. The minimum atomic E-state index is -0.109. The molecule has 0 aromatic carbocycles. The number of H-pyrrole nitrogens is 1. The van der Waals surface area contributed by atoms with Crippen LogP contribution in [0.25, 0.3) is 0 Å². The van der Waals surface area contributed by atoms with Gasteiger partial charge in [-0.15, -0.1) is 0 Å². The van der Waals surface area contributed by atoms with E-state index in [1.807, 2.05) is 12.1 Å². The third-order valence-corrected chi connectivity index (χ3v) is 3.59. The molecule has 1 aliphatic rings. The monoisotopic (exact) mass is 286 g/mol. The summed E-state index contributed by atoms with van der Waals surface area (Å²) in [5.41, 5.74) is 6.56. The summed E-state index contributed by atoms with van der Waals surface area (Å²) < 4.78 is 0. The molecule has 21 heavy (non-hydrogen) atoms. The van der Waals surface area contributed by atoms with Crippen molar-refractivity contribution in [3.8, 4) is 0 Å². The SMILES string of the molecule is Cc1nc(N2CCN(c3ccc(N)nc3)CC2)cc(=O)[nH]1. The van der Waals surface area contributed by atoms with E-state index in [-0.39, 0.29) is 5.56 Å². The molecule has 3 N–H and O–H groups in total. The Labute approximate surface area is 122 Å². The van der Waals surface area contributed by atoms with Crippen molar-refractivity contribution in [3.05, 3.63) is 40.6 Å². The van der Waals surface area contributed by atoms with E-state index in [4.69, 9.17) is 5.73 Å². The highest BCUT2D eigenvalue weighted by molar-refractivity contribution is 5.50. The smallest absolute Gasteiger partial charge is 0.252 e. The highest BCUT2D eigenvalue weighted by Crippen LogP contribution is 2.18. The molecule has 7 heteroatoms. The quantitative estimate of drug-likeness (QED) is 0.829. The second-order valence-electron chi connectivity index (χ2n) is 5.10. The van der Waals surface area contributed by atoms with Gasteiger partial charge in [0.1, 0.15) is 17.5 Å². The average molecular weight is 286 g/mol. The van der Waals surface area contributed by atoms with E-state index >= 15 is 0 Å². The molecule has 0 unspecified atom stereocenters. The maximum atomic E-state index is 11.5. The summed E-state index contributed by atoms with van der Waals surface area (Å²) in [6.07, 6.45) is 1.79. The third-order valence-electron chi connectivity index (χ3n) is 3.59. The Morgan fingerprint density at radius 2 is 1.90 bits per heavy atom. The summed E-state index contributed by atoms with van der Waals surface area (Å²) in [7, 11) is 0. The van der Waals surface area contributed by atoms with Gasteiger partial charge >= 0.3 is 0 Å². The van der Waals surface area contributed by atoms with Crippen LogP contribution in [0.5, 0.6) is 0 Å². The van der Waals surface area contributed by atoms with Gasteiger partial charge in [-0.25, -0.2) is 9.97 Å². The fourth-order valence-corrected chi connectivity index (χ4v) is 2.50. The van der Waals surface area contributed by atoms with Gasteiger partial charge < -0.3 is 20.5 Å². The summed E-state index contributed by atoms with van der Waals surface area (Å²) in [4.78, 5) is 27.1. The first-order chi connectivity index (χ1) is 10.1. The molecule has 0 amide bonds. The Balaban J connectivity index is 1.70. The molecule has 1 saturated heterocycles. The Bertz CT molecular complexity index is 673. The molecule has 2 aromatic heterocycles. The van der Waals surface area contributed by atoms with Crippen molar-refractivity contribution < 1.29 is 0 Å². The van der Waals surface area contributed by atoms with Crippen LogP contribution in [0.15, 0.2) is 29.2 Å². The van der Waals surface area contributed by atoms with Gasteiger partial charge in [-0.1, -0.05) is 0 Å². The first-order valence-electron chi connectivity index (χ1n) is 6.91. The number of pyridine rings is 1. The van der Waals surface area contributed by atoms with Crippen LogP contribution in [0, 0.1) is 6.92 Å². The maximum Gasteiger partial charge on any atom is 0.252 e. The Hall–Kier alpha value is -2.57. The number of nitrogens with two attached hydrogens (primary N) is 1. The third kappa shape index (κ3) is 2.96. The summed E-state index contributed by atoms with van der Waals surface area (Å²) >= 11 is 0. The molecular weight excluding hydrogens is 268 g/mol. The zero-order chi connectivity index (χ0) is 14.8. The number of hydrogen-bond acceptors (Lipinski definition) is 6. The highest BCUT2D eigenvalue weighted by atomic mass is 16.1. The van der Waals surface area contributed by atoms with E-state index in [1.165, 1.54) is 0 Å². The van der Waals surface area contributed by atoms with Crippen molar-refractivity contribution in [2.75, 3.05) is 41.7 Å². The number of anilines is 3. The van der Waals surface area contributed by atoms with Crippen LogP contribution in [-0.4, -0.2) is 41.1 Å². The average Bonchev–Trinajstić information content (AvgIpc) is 2.47. The first-order valence-corrected chi connectivity index (χ1v) is 6.91. The second kappa shape index (κ2) is 5.43. The lowest BCUT2D eigenvalue weighted by Crippen LogP contribution is -2.47. The zero-order valence-electron chi connectivity index (χ0n) is 11.9. The minimum absolute atomic E-state index is 0.109. The number of nitrogens with one attached hydrogen (secondary N) is 1. The molecule has 0 saturated carbocycles. The van der Waals surface area contributed by atoms with E-state index in [0.717, 1.165) is 37.7 Å². The molecule has 7 nitrogen and oxygen atoms in total. The van der Waals surface area contributed by atoms with Crippen LogP contribution in [0.1, 0.15) is 5.82 Å².